The SMILES string of the molecule is Cn1c(=O)cc(NCC2CCCCN2CCn2ncccc2=O)[nH]c1=O. The highest BCUT2D eigenvalue weighted by atomic mass is 16.2. The first-order valence-corrected chi connectivity index (χ1v) is 8.85. The quantitative estimate of drug-likeness (QED) is 0.726. The Morgan fingerprint density at radius 1 is 1.23 bits per heavy atom. The Hall–Kier alpha value is -2.68. The number of nitrogens with zero attached hydrogens (tertiary/aromatic N) is 4. The van der Waals surface area contributed by atoms with Gasteiger partial charge in [-0.1, -0.05) is 6.42 Å². The standard InChI is InChI=1S/C17H24N6O3/c1-21-16(25)11-14(20-17(21)26)18-12-13-5-2-3-8-22(13)9-10-23-15(24)6-4-7-19-23/h4,6-7,11,13,18H,2-3,5,8-10,12H2,1H3,(H,20,26). The molecule has 0 aliphatic carbocycles. The molecule has 0 saturated carbocycles. The molecule has 2 aromatic heterocycles. The number of rotatable bonds is 6. The van der Waals surface area contributed by atoms with Crippen LogP contribution in [-0.4, -0.2) is 49.9 Å². The average Bonchev–Trinajstić information content (AvgIpc) is 2.64. The first kappa shape index (κ1) is 18.1. The number of aromatic amines is 1. The van der Waals surface area contributed by atoms with Gasteiger partial charge in [0.2, 0.25) is 0 Å². The molecular weight excluding hydrogens is 336 g/mol. The van der Waals surface area contributed by atoms with E-state index in [1.807, 2.05) is 0 Å². The summed E-state index contributed by atoms with van der Waals surface area (Å²) < 4.78 is 2.50. The monoisotopic (exact) mass is 360 g/mol. The van der Waals surface area contributed by atoms with Crippen molar-refractivity contribution in [1.29, 1.82) is 0 Å². The predicted molar refractivity (Wildman–Crippen MR) is 98.5 cm³/mol. The second kappa shape index (κ2) is 8.13. The molecule has 9 nitrogen and oxygen atoms in total. The molecule has 1 fully saturated rings. The van der Waals surface area contributed by atoms with Crippen LogP contribution in [0, 0.1) is 0 Å². The first-order chi connectivity index (χ1) is 12.5. The van der Waals surface area contributed by atoms with E-state index in [0.29, 0.717) is 18.9 Å². The highest BCUT2D eigenvalue weighted by molar-refractivity contribution is 5.32. The van der Waals surface area contributed by atoms with Gasteiger partial charge in [-0.25, -0.2) is 9.48 Å². The zero-order chi connectivity index (χ0) is 18.5. The largest absolute Gasteiger partial charge is 0.370 e. The maximum atomic E-state index is 11.8. The molecule has 0 bridgehead atoms. The number of piperidine rings is 1. The van der Waals surface area contributed by atoms with E-state index in [1.165, 1.54) is 23.9 Å². The van der Waals surface area contributed by atoms with Crippen LogP contribution in [-0.2, 0) is 13.6 Å². The van der Waals surface area contributed by atoms with Gasteiger partial charge in [0.15, 0.2) is 0 Å². The number of hydrogen-bond donors (Lipinski definition) is 2. The Balaban J connectivity index is 1.62. The lowest BCUT2D eigenvalue weighted by atomic mass is 10.0. The van der Waals surface area contributed by atoms with Crippen LogP contribution < -0.4 is 22.1 Å². The first-order valence-electron chi connectivity index (χ1n) is 8.85. The number of aromatic nitrogens is 4. The van der Waals surface area contributed by atoms with Crippen LogP contribution in [0.5, 0.6) is 0 Å². The predicted octanol–water partition coefficient (Wildman–Crippen LogP) is -0.403. The third kappa shape index (κ3) is 4.29. The summed E-state index contributed by atoms with van der Waals surface area (Å²) in [6, 6.07) is 4.81. The van der Waals surface area contributed by atoms with Crippen molar-refractivity contribution in [2.24, 2.45) is 7.05 Å². The lowest BCUT2D eigenvalue weighted by Crippen LogP contribution is -2.46. The van der Waals surface area contributed by atoms with Gasteiger partial charge < -0.3 is 5.32 Å². The summed E-state index contributed by atoms with van der Waals surface area (Å²) in [5.41, 5.74) is -0.877. The number of nitrogens with one attached hydrogen (secondary N) is 2. The molecule has 1 unspecified atom stereocenters. The van der Waals surface area contributed by atoms with Crippen molar-refractivity contribution in [1.82, 2.24) is 24.2 Å². The lowest BCUT2D eigenvalue weighted by molar-refractivity contribution is 0.148. The van der Waals surface area contributed by atoms with Crippen LogP contribution in [0.1, 0.15) is 19.3 Å². The van der Waals surface area contributed by atoms with Gasteiger partial charge in [-0.3, -0.25) is 24.0 Å². The Morgan fingerprint density at radius 3 is 2.85 bits per heavy atom. The van der Waals surface area contributed by atoms with Gasteiger partial charge in [0.25, 0.3) is 11.1 Å². The smallest absolute Gasteiger partial charge is 0.329 e. The minimum atomic E-state index is -0.435. The summed E-state index contributed by atoms with van der Waals surface area (Å²) >= 11 is 0. The van der Waals surface area contributed by atoms with Gasteiger partial charge in [-0.15, -0.1) is 0 Å². The maximum Gasteiger partial charge on any atom is 0.329 e. The van der Waals surface area contributed by atoms with Crippen LogP contribution in [0.4, 0.5) is 5.82 Å². The van der Waals surface area contributed by atoms with Crippen LogP contribution in [0.3, 0.4) is 0 Å². The van der Waals surface area contributed by atoms with E-state index in [0.717, 1.165) is 36.9 Å². The van der Waals surface area contributed by atoms with Crippen LogP contribution in [0.25, 0.3) is 0 Å². The van der Waals surface area contributed by atoms with Gasteiger partial charge >= 0.3 is 5.69 Å². The van der Waals surface area contributed by atoms with Crippen LogP contribution in [0.2, 0.25) is 0 Å². The third-order valence-electron chi connectivity index (χ3n) is 4.81. The Morgan fingerprint density at radius 2 is 2.08 bits per heavy atom. The van der Waals surface area contributed by atoms with E-state index in [1.54, 1.807) is 12.3 Å². The van der Waals surface area contributed by atoms with Crippen molar-refractivity contribution in [2.45, 2.75) is 31.8 Å². The van der Waals surface area contributed by atoms with E-state index < -0.39 is 5.69 Å². The third-order valence-corrected chi connectivity index (χ3v) is 4.81. The van der Waals surface area contributed by atoms with Crippen molar-refractivity contribution in [3.05, 3.63) is 55.6 Å². The fourth-order valence-corrected chi connectivity index (χ4v) is 3.24. The molecule has 1 atom stereocenters. The van der Waals surface area contributed by atoms with Gasteiger partial charge in [0.05, 0.1) is 6.54 Å². The van der Waals surface area contributed by atoms with Gasteiger partial charge in [0.1, 0.15) is 5.82 Å². The van der Waals surface area contributed by atoms with E-state index >= 15 is 0 Å². The second-order valence-corrected chi connectivity index (χ2v) is 6.54. The summed E-state index contributed by atoms with van der Waals surface area (Å²) in [7, 11) is 1.44. The number of hydrogen-bond acceptors (Lipinski definition) is 6. The van der Waals surface area contributed by atoms with Crippen molar-refractivity contribution < 1.29 is 0 Å². The normalized spacial score (nSPS) is 18.0. The zero-order valence-corrected chi connectivity index (χ0v) is 14.9. The molecule has 140 valence electrons. The number of likely N-dealkylation sites (tertiary alicyclic amines) is 1. The molecule has 0 spiro atoms. The van der Waals surface area contributed by atoms with Gasteiger partial charge in [-0.05, 0) is 25.5 Å². The van der Waals surface area contributed by atoms with Crippen LogP contribution in [0.15, 0.2) is 38.8 Å². The molecule has 1 aliphatic heterocycles. The van der Waals surface area contributed by atoms with Crippen molar-refractivity contribution in [3.8, 4) is 0 Å². The summed E-state index contributed by atoms with van der Waals surface area (Å²) in [6.07, 6.45) is 4.90. The van der Waals surface area contributed by atoms with E-state index in [9.17, 15) is 14.4 Å². The second-order valence-electron chi connectivity index (χ2n) is 6.54. The van der Waals surface area contributed by atoms with Crippen molar-refractivity contribution in [3.63, 3.8) is 0 Å². The molecule has 2 N–H and O–H groups in total. The Bertz CT molecular complexity index is 884. The molecule has 0 amide bonds. The minimum absolute atomic E-state index is 0.100. The molecular formula is C17H24N6O3. The highest BCUT2D eigenvalue weighted by Crippen LogP contribution is 2.17. The van der Waals surface area contributed by atoms with Crippen molar-refractivity contribution >= 4 is 5.82 Å². The molecule has 1 aliphatic rings. The molecule has 2 aromatic rings. The Labute approximate surface area is 150 Å². The highest BCUT2D eigenvalue weighted by Gasteiger charge is 2.22. The fraction of sp³-hybridized carbons (Fsp3) is 0.529. The Kier molecular flexibility index (Phi) is 5.67. The van der Waals surface area contributed by atoms with E-state index in [2.05, 4.69) is 20.3 Å². The zero-order valence-electron chi connectivity index (χ0n) is 14.9. The average molecular weight is 360 g/mol. The lowest BCUT2D eigenvalue weighted by Gasteiger charge is -2.35. The topological polar surface area (TPSA) is 105 Å². The summed E-state index contributed by atoms with van der Waals surface area (Å²) in [5, 5.41) is 7.26. The molecule has 3 heterocycles. The van der Waals surface area contributed by atoms with E-state index in [-0.39, 0.29) is 17.2 Å². The minimum Gasteiger partial charge on any atom is -0.370 e. The van der Waals surface area contributed by atoms with Crippen LogP contribution >= 0.6 is 0 Å². The van der Waals surface area contributed by atoms with E-state index in [4.69, 9.17) is 0 Å². The molecule has 9 heteroatoms. The molecule has 3 rings (SSSR count). The number of H-pyrrole nitrogens is 1. The van der Waals surface area contributed by atoms with Crippen molar-refractivity contribution in [2.75, 3.05) is 25.0 Å². The van der Waals surface area contributed by atoms with Gasteiger partial charge in [-0.2, -0.15) is 5.10 Å². The molecule has 0 aromatic carbocycles. The summed E-state index contributed by atoms with van der Waals surface area (Å²) in [6.45, 7) is 2.86. The number of anilines is 1. The molecule has 1 saturated heterocycles. The van der Waals surface area contributed by atoms with Gasteiger partial charge in [0, 0.05) is 44.5 Å². The summed E-state index contributed by atoms with van der Waals surface area (Å²) in [5.74, 6) is 0.435. The molecule has 0 radical (unpaired) electrons. The fourth-order valence-electron chi connectivity index (χ4n) is 3.24. The maximum absolute atomic E-state index is 11.8. The summed E-state index contributed by atoms with van der Waals surface area (Å²) in [4.78, 5) is 40.2. The molecule has 26 heavy (non-hydrogen) atoms.